The van der Waals surface area contributed by atoms with Gasteiger partial charge >= 0.3 is 0 Å². The van der Waals surface area contributed by atoms with Gasteiger partial charge in [-0.15, -0.1) is 0 Å². The average Bonchev–Trinajstić information content (AvgIpc) is 2.92. The number of hydrogen-bond donors (Lipinski definition) is 1. The number of hydrogen-bond acceptors (Lipinski definition) is 4. The van der Waals surface area contributed by atoms with E-state index in [1.807, 2.05) is 26.0 Å². The highest BCUT2D eigenvalue weighted by Crippen LogP contribution is 2.12. The van der Waals surface area contributed by atoms with Crippen LogP contribution >= 0.6 is 0 Å². The smallest absolute Gasteiger partial charge is 0.271 e. The Labute approximate surface area is 123 Å². The van der Waals surface area contributed by atoms with E-state index in [0.717, 1.165) is 11.5 Å². The Morgan fingerprint density at radius 3 is 2.52 bits per heavy atom. The number of carbonyl (C=O) groups excluding carboxylic acids is 1. The van der Waals surface area contributed by atoms with Crippen LogP contribution in [0.2, 0.25) is 0 Å². The molecule has 2 aromatic rings. The Kier molecular flexibility index (Phi) is 4.77. The van der Waals surface area contributed by atoms with E-state index >= 15 is 0 Å². The SMILES string of the molecule is CCOc1ccc(C(=O)N/N=C(\C)c2ccc(C)o2)cc1. The summed E-state index contributed by atoms with van der Waals surface area (Å²) in [6.45, 7) is 6.14. The highest BCUT2D eigenvalue weighted by Gasteiger charge is 2.06. The zero-order chi connectivity index (χ0) is 15.2. The summed E-state index contributed by atoms with van der Waals surface area (Å²) < 4.78 is 10.8. The summed E-state index contributed by atoms with van der Waals surface area (Å²) in [6.07, 6.45) is 0. The fourth-order valence-electron chi connectivity index (χ4n) is 1.75. The van der Waals surface area contributed by atoms with Gasteiger partial charge in [0.25, 0.3) is 5.91 Å². The molecule has 1 amide bonds. The predicted octanol–water partition coefficient (Wildman–Crippen LogP) is 3.14. The van der Waals surface area contributed by atoms with Crippen LogP contribution in [-0.2, 0) is 0 Å². The number of carbonyl (C=O) groups is 1. The van der Waals surface area contributed by atoms with Gasteiger partial charge in [-0.2, -0.15) is 5.10 Å². The predicted molar refractivity (Wildman–Crippen MR) is 80.7 cm³/mol. The lowest BCUT2D eigenvalue weighted by Crippen LogP contribution is -2.19. The number of aryl methyl sites for hydroxylation is 1. The van der Waals surface area contributed by atoms with Crippen molar-refractivity contribution in [2.75, 3.05) is 6.61 Å². The summed E-state index contributed by atoms with van der Waals surface area (Å²) in [6, 6.07) is 10.6. The Morgan fingerprint density at radius 2 is 1.95 bits per heavy atom. The third-order valence-corrected chi connectivity index (χ3v) is 2.85. The number of nitrogens with zero attached hydrogens (tertiary/aromatic N) is 1. The summed E-state index contributed by atoms with van der Waals surface area (Å²) >= 11 is 0. The van der Waals surface area contributed by atoms with Gasteiger partial charge in [0.05, 0.1) is 6.61 Å². The quantitative estimate of drug-likeness (QED) is 0.678. The molecule has 1 heterocycles. The van der Waals surface area contributed by atoms with Crippen molar-refractivity contribution in [1.82, 2.24) is 5.43 Å². The zero-order valence-electron chi connectivity index (χ0n) is 12.3. The van der Waals surface area contributed by atoms with Crippen molar-refractivity contribution in [3.63, 3.8) is 0 Å². The Bertz CT molecular complexity index is 642. The van der Waals surface area contributed by atoms with Gasteiger partial charge in [0, 0.05) is 5.56 Å². The van der Waals surface area contributed by atoms with E-state index in [1.165, 1.54) is 0 Å². The maximum Gasteiger partial charge on any atom is 0.271 e. The fraction of sp³-hybridized carbons (Fsp3) is 0.250. The zero-order valence-corrected chi connectivity index (χ0v) is 12.3. The molecule has 1 aromatic heterocycles. The van der Waals surface area contributed by atoms with Crippen molar-refractivity contribution >= 4 is 11.6 Å². The van der Waals surface area contributed by atoms with Gasteiger partial charge in [-0.25, -0.2) is 5.43 Å². The molecule has 0 aliphatic carbocycles. The molecule has 5 nitrogen and oxygen atoms in total. The first-order valence-electron chi connectivity index (χ1n) is 6.74. The Hall–Kier alpha value is -2.56. The van der Waals surface area contributed by atoms with Crippen LogP contribution in [0.1, 0.15) is 35.7 Å². The summed E-state index contributed by atoms with van der Waals surface area (Å²) in [5, 5.41) is 4.03. The molecule has 0 atom stereocenters. The molecular weight excluding hydrogens is 268 g/mol. The molecule has 1 N–H and O–H groups in total. The molecule has 0 unspecified atom stereocenters. The van der Waals surface area contributed by atoms with E-state index < -0.39 is 0 Å². The molecule has 0 saturated carbocycles. The standard InChI is InChI=1S/C16H18N2O3/c1-4-20-14-8-6-13(7-9-14)16(19)18-17-12(3)15-10-5-11(2)21-15/h5-10H,4H2,1-3H3,(H,18,19)/b17-12+. The van der Waals surface area contributed by atoms with Crippen LogP contribution < -0.4 is 10.2 Å². The number of ether oxygens (including phenoxy) is 1. The van der Waals surface area contributed by atoms with Gasteiger partial charge in [-0.05, 0) is 57.2 Å². The molecule has 5 heteroatoms. The van der Waals surface area contributed by atoms with Crippen molar-refractivity contribution in [1.29, 1.82) is 0 Å². The lowest BCUT2D eigenvalue weighted by atomic mass is 10.2. The van der Waals surface area contributed by atoms with Crippen molar-refractivity contribution in [3.8, 4) is 5.75 Å². The van der Waals surface area contributed by atoms with Gasteiger partial charge in [-0.3, -0.25) is 4.79 Å². The van der Waals surface area contributed by atoms with Crippen LogP contribution in [0.5, 0.6) is 5.75 Å². The van der Waals surface area contributed by atoms with Crippen LogP contribution in [0.3, 0.4) is 0 Å². The summed E-state index contributed by atoms with van der Waals surface area (Å²) in [5.41, 5.74) is 3.64. The molecule has 110 valence electrons. The highest BCUT2D eigenvalue weighted by atomic mass is 16.5. The van der Waals surface area contributed by atoms with Crippen LogP contribution in [-0.4, -0.2) is 18.2 Å². The number of hydrazone groups is 1. The molecule has 0 radical (unpaired) electrons. The maximum absolute atomic E-state index is 12.0. The van der Waals surface area contributed by atoms with E-state index in [0.29, 0.717) is 23.6 Å². The van der Waals surface area contributed by atoms with Gasteiger partial charge < -0.3 is 9.15 Å². The molecule has 21 heavy (non-hydrogen) atoms. The van der Waals surface area contributed by atoms with Gasteiger partial charge in [0.1, 0.15) is 23.0 Å². The minimum Gasteiger partial charge on any atom is -0.494 e. The van der Waals surface area contributed by atoms with Crippen LogP contribution in [0.4, 0.5) is 0 Å². The monoisotopic (exact) mass is 286 g/mol. The maximum atomic E-state index is 12.0. The summed E-state index contributed by atoms with van der Waals surface area (Å²) in [4.78, 5) is 12.0. The van der Waals surface area contributed by atoms with Crippen LogP contribution in [0, 0.1) is 6.92 Å². The van der Waals surface area contributed by atoms with Crippen LogP contribution in [0.15, 0.2) is 45.9 Å². The van der Waals surface area contributed by atoms with Crippen molar-refractivity contribution in [2.24, 2.45) is 5.10 Å². The number of amides is 1. The van der Waals surface area contributed by atoms with Crippen molar-refractivity contribution < 1.29 is 13.9 Å². The van der Waals surface area contributed by atoms with Gasteiger partial charge in [-0.1, -0.05) is 0 Å². The molecule has 0 aliphatic rings. The van der Waals surface area contributed by atoms with Gasteiger partial charge in [0.15, 0.2) is 0 Å². The molecule has 1 aromatic carbocycles. The number of furan rings is 1. The van der Waals surface area contributed by atoms with E-state index in [9.17, 15) is 4.79 Å². The molecule has 0 aliphatic heterocycles. The number of rotatable bonds is 5. The first kappa shape index (κ1) is 14.8. The van der Waals surface area contributed by atoms with Crippen molar-refractivity contribution in [3.05, 3.63) is 53.5 Å². The molecule has 2 rings (SSSR count). The fourth-order valence-corrected chi connectivity index (χ4v) is 1.75. The van der Waals surface area contributed by atoms with E-state index in [1.54, 1.807) is 31.2 Å². The second-order valence-corrected chi connectivity index (χ2v) is 4.51. The second-order valence-electron chi connectivity index (χ2n) is 4.51. The van der Waals surface area contributed by atoms with E-state index in [4.69, 9.17) is 9.15 Å². The van der Waals surface area contributed by atoms with Crippen molar-refractivity contribution in [2.45, 2.75) is 20.8 Å². The van der Waals surface area contributed by atoms with Crippen LogP contribution in [0.25, 0.3) is 0 Å². The van der Waals surface area contributed by atoms with E-state index in [-0.39, 0.29) is 5.91 Å². The largest absolute Gasteiger partial charge is 0.494 e. The third-order valence-electron chi connectivity index (χ3n) is 2.85. The Morgan fingerprint density at radius 1 is 1.24 bits per heavy atom. The highest BCUT2D eigenvalue weighted by molar-refractivity contribution is 5.99. The van der Waals surface area contributed by atoms with E-state index in [2.05, 4.69) is 10.5 Å². The number of nitrogens with one attached hydrogen (secondary N) is 1. The summed E-state index contributed by atoms with van der Waals surface area (Å²) in [5.74, 6) is 1.90. The normalized spacial score (nSPS) is 11.3. The molecule has 0 saturated heterocycles. The third kappa shape index (κ3) is 3.95. The lowest BCUT2D eigenvalue weighted by Gasteiger charge is -2.04. The first-order valence-corrected chi connectivity index (χ1v) is 6.74. The molecule has 0 fully saturated rings. The topological polar surface area (TPSA) is 63.8 Å². The minimum atomic E-state index is -0.277. The minimum absolute atomic E-state index is 0.277. The molecule has 0 bridgehead atoms. The average molecular weight is 286 g/mol. The molecule has 0 spiro atoms. The molecular formula is C16H18N2O3. The number of benzene rings is 1. The second kappa shape index (κ2) is 6.74. The van der Waals surface area contributed by atoms with Gasteiger partial charge in [0.2, 0.25) is 0 Å². The lowest BCUT2D eigenvalue weighted by molar-refractivity contribution is 0.0955. The first-order chi connectivity index (χ1) is 10.1. The summed E-state index contributed by atoms with van der Waals surface area (Å²) in [7, 11) is 0. The Balaban J connectivity index is 2.00.